The summed E-state index contributed by atoms with van der Waals surface area (Å²) in [7, 11) is 1.52. The molecule has 1 aliphatic heterocycles. The van der Waals surface area contributed by atoms with E-state index in [2.05, 4.69) is 15.2 Å². The lowest BCUT2D eigenvalue weighted by Gasteiger charge is -2.14. The molecule has 0 aliphatic carbocycles. The average molecular weight is 535 g/mol. The standard InChI is InChI=1S/C23H18ClF3N6O2S/c1-29-10-17(31-28)12-32-21(34)20(36-22(32)35)7-13-2-5-19-15(6-13)9-30-33(19)11-14-3-4-16(24)8-18(14)23(25,26)27/h2-10H,11-12,28H2,1H3/b20-7-,29-10?,31-17?. The Kier molecular flexibility index (Phi) is 7.18. The molecule has 1 aliphatic rings. The third-order valence-corrected chi connectivity index (χ3v) is 6.44. The number of aromatic nitrogens is 2. The molecule has 0 bridgehead atoms. The summed E-state index contributed by atoms with van der Waals surface area (Å²) in [6.45, 7) is -0.216. The Hall–Kier alpha value is -3.64. The number of thioether (sulfide) groups is 1. The molecule has 8 nitrogen and oxygen atoms in total. The van der Waals surface area contributed by atoms with Crippen LogP contribution in [0.3, 0.4) is 0 Å². The topological polar surface area (TPSA) is 106 Å². The highest BCUT2D eigenvalue weighted by atomic mass is 35.5. The Labute approximate surface area is 212 Å². The van der Waals surface area contributed by atoms with Crippen LogP contribution in [0, 0.1) is 0 Å². The number of fused-ring (bicyclic) bond motifs is 1. The SMILES string of the molecule is CN=CC(CN1C(=O)S/C(=C\c2ccc3c(cnn3Cc3ccc(Cl)cc3C(F)(F)F)c2)C1=O)=NN. The third-order valence-electron chi connectivity index (χ3n) is 5.30. The second-order valence-electron chi connectivity index (χ2n) is 7.70. The minimum absolute atomic E-state index is 0.00418. The number of imide groups is 1. The molecule has 0 spiro atoms. The van der Waals surface area contributed by atoms with E-state index in [0.717, 1.165) is 22.7 Å². The normalized spacial score (nSPS) is 16.3. The minimum atomic E-state index is -4.56. The number of nitrogens with zero attached hydrogens (tertiary/aromatic N) is 5. The highest BCUT2D eigenvalue weighted by Gasteiger charge is 2.36. The number of nitrogens with two attached hydrogens (primary N) is 1. The Morgan fingerprint density at radius 2 is 2.00 bits per heavy atom. The zero-order valence-electron chi connectivity index (χ0n) is 18.7. The number of amides is 2. The predicted molar refractivity (Wildman–Crippen MR) is 134 cm³/mol. The maximum Gasteiger partial charge on any atom is 0.416 e. The van der Waals surface area contributed by atoms with Crippen molar-refractivity contribution >= 4 is 63.4 Å². The van der Waals surface area contributed by atoms with Gasteiger partial charge < -0.3 is 5.84 Å². The first-order valence-corrected chi connectivity index (χ1v) is 11.6. The Morgan fingerprint density at radius 1 is 1.22 bits per heavy atom. The summed E-state index contributed by atoms with van der Waals surface area (Å²) in [5, 5.41) is 7.94. The number of benzene rings is 2. The maximum absolute atomic E-state index is 13.5. The van der Waals surface area contributed by atoms with Gasteiger partial charge in [-0.3, -0.25) is 24.2 Å². The highest BCUT2D eigenvalue weighted by molar-refractivity contribution is 8.18. The van der Waals surface area contributed by atoms with Crippen molar-refractivity contribution in [3.63, 3.8) is 0 Å². The first-order valence-electron chi connectivity index (χ1n) is 10.4. The van der Waals surface area contributed by atoms with Crippen molar-refractivity contribution < 1.29 is 22.8 Å². The summed E-state index contributed by atoms with van der Waals surface area (Å²) in [5.41, 5.74) is 0.704. The van der Waals surface area contributed by atoms with Gasteiger partial charge in [0.25, 0.3) is 11.1 Å². The molecule has 2 amide bonds. The molecule has 1 saturated heterocycles. The summed E-state index contributed by atoms with van der Waals surface area (Å²) >= 11 is 6.55. The number of carbonyl (C=O) groups excluding carboxylic acids is 2. The van der Waals surface area contributed by atoms with E-state index in [1.54, 1.807) is 24.3 Å². The second kappa shape index (κ2) is 10.2. The van der Waals surface area contributed by atoms with Gasteiger partial charge in [-0.05, 0) is 53.2 Å². The van der Waals surface area contributed by atoms with Crippen LogP contribution in [-0.4, -0.2) is 51.3 Å². The van der Waals surface area contributed by atoms with Gasteiger partial charge in [0, 0.05) is 23.7 Å². The van der Waals surface area contributed by atoms with Crippen LogP contribution in [0.1, 0.15) is 16.7 Å². The van der Waals surface area contributed by atoms with Crippen LogP contribution in [0.2, 0.25) is 5.02 Å². The predicted octanol–water partition coefficient (Wildman–Crippen LogP) is 4.81. The smallest absolute Gasteiger partial charge is 0.323 e. The quantitative estimate of drug-likeness (QED) is 0.211. The van der Waals surface area contributed by atoms with Gasteiger partial charge in [-0.2, -0.15) is 23.4 Å². The number of halogens is 4. The Balaban J connectivity index is 1.58. The first-order chi connectivity index (χ1) is 17.1. The lowest BCUT2D eigenvalue weighted by atomic mass is 10.1. The summed E-state index contributed by atoms with van der Waals surface area (Å²) in [6, 6.07) is 8.74. The van der Waals surface area contributed by atoms with Gasteiger partial charge in [0.05, 0.1) is 41.0 Å². The lowest BCUT2D eigenvalue weighted by Crippen LogP contribution is -2.34. The van der Waals surface area contributed by atoms with Gasteiger partial charge >= 0.3 is 6.18 Å². The number of carbonyl (C=O) groups is 2. The minimum Gasteiger partial charge on any atom is -0.323 e. The van der Waals surface area contributed by atoms with Crippen LogP contribution >= 0.6 is 23.4 Å². The van der Waals surface area contributed by atoms with Crippen molar-refractivity contribution in [2.24, 2.45) is 15.9 Å². The number of hydrazone groups is 1. The molecule has 2 aromatic carbocycles. The number of hydrogen-bond donors (Lipinski definition) is 1. The molecule has 0 unspecified atom stereocenters. The zero-order valence-corrected chi connectivity index (χ0v) is 20.2. The van der Waals surface area contributed by atoms with Gasteiger partial charge in [0.1, 0.15) is 0 Å². The molecule has 1 aromatic heterocycles. The van der Waals surface area contributed by atoms with Crippen LogP contribution in [-0.2, 0) is 17.5 Å². The number of rotatable bonds is 6. The van der Waals surface area contributed by atoms with Gasteiger partial charge in [0.2, 0.25) is 0 Å². The molecule has 2 heterocycles. The van der Waals surface area contributed by atoms with Gasteiger partial charge in [-0.15, -0.1) is 0 Å². The number of hydrogen-bond acceptors (Lipinski definition) is 7. The molecule has 3 aromatic rings. The molecule has 0 radical (unpaired) electrons. The molecule has 0 atom stereocenters. The largest absolute Gasteiger partial charge is 0.416 e. The van der Waals surface area contributed by atoms with Crippen molar-refractivity contribution in [2.45, 2.75) is 12.7 Å². The van der Waals surface area contributed by atoms with E-state index in [-0.39, 0.29) is 34.3 Å². The van der Waals surface area contributed by atoms with Gasteiger partial charge in [-0.25, -0.2) is 0 Å². The van der Waals surface area contributed by atoms with Gasteiger partial charge in [-0.1, -0.05) is 23.7 Å². The summed E-state index contributed by atoms with van der Waals surface area (Å²) in [6.07, 6.45) is -0.106. The van der Waals surface area contributed by atoms with Crippen molar-refractivity contribution in [3.05, 3.63) is 69.2 Å². The Morgan fingerprint density at radius 3 is 2.69 bits per heavy atom. The van der Waals surface area contributed by atoms with Crippen molar-refractivity contribution in [1.82, 2.24) is 14.7 Å². The van der Waals surface area contributed by atoms with E-state index in [1.807, 2.05) is 0 Å². The molecule has 0 saturated carbocycles. The molecular weight excluding hydrogens is 517 g/mol. The molecule has 13 heteroatoms. The van der Waals surface area contributed by atoms with E-state index < -0.39 is 22.9 Å². The molecule has 1 fully saturated rings. The van der Waals surface area contributed by atoms with E-state index in [0.29, 0.717) is 16.5 Å². The van der Waals surface area contributed by atoms with E-state index in [4.69, 9.17) is 17.4 Å². The molecule has 4 rings (SSSR count). The van der Waals surface area contributed by atoms with Crippen LogP contribution < -0.4 is 5.84 Å². The van der Waals surface area contributed by atoms with Crippen molar-refractivity contribution in [1.29, 1.82) is 0 Å². The van der Waals surface area contributed by atoms with Crippen molar-refractivity contribution in [3.8, 4) is 0 Å². The van der Waals surface area contributed by atoms with Crippen LogP contribution in [0.5, 0.6) is 0 Å². The fourth-order valence-electron chi connectivity index (χ4n) is 3.65. The number of alkyl halides is 3. The second-order valence-corrected chi connectivity index (χ2v) is 9.12. The molecular formula is C23H18ClF3N6O2S. The van der Waals surface area contributed by atoms with E-state index >= 15 is 0 Å². The third kappa shape index (κ3) is 5.29. The average Bonchev–Trinajstić information content (AvgIpc) is 3.34. The maximum atomic E-state index is 13.5. The van der Waals surface area contributed by atoms with Crippen LogP contribution in [0.4, 0.5) is 18.0 Å². The summed E-state index contributed by atoms with van der Waals surface area (Å²) < 4.78 is 41.8. The lowest BCUT2D eigenvalue weighted by molar-refractivity contribution is -0.138. The molecule has 2 N–H and O–H groups in total. The summed E-state index contributed by atoms with van der Waals surface area (Å²) in [5.74, 6) is 4.79. The van der Waals surface area contributed by atoms with E-state index in [1.165, 1.54) is 36.3 Å². The highest BCUT2D eigenvalue weighted by Crippen LogP contribution is 2.35. The number of aliphatic imine (C=N–C) groups is 1. The van der Waals surface area contributed by atoms with Crippen LogP contribution in [0.25, 0.3) is 17.0 Å². The molecule has 186 valence electrons. The first kappa shape index (κ1) is 25.5. The van der Waals surface area contributed by atoms with Crippen LogP contribution in [0.15, 0.2) is 57.6 Å². The van der Waals surface area contributed by atoms with Gasteiger partial charge in [0.15, 0.2) is 0 Å². The van der Waals surface area contributed by atoms with E-state index in [9.17, 15) is 22.8 Å². The monoisotopic (exact) mass is 534 g/mol. The fraction of sp³-hybridized carbons (Fsp3) is 0.174. The van der Waals surface area contributed by atoms with Crippen molar-refractivity contribution in [2.75, 3.05) is 13.6 Å². The Bertz CT molecular complexity index is 1450. The zero-order chi connectivity index (χ0) is 26.0. The molecule has 36 heavy (non-hydrogen) atoms. The fourth-order valence-corrected chi connectivity index (χ4v) is 4.66. The summed E-state index contributed by atoms with van der Waals surface area (Å²) in [4.78, 5) is 30.1.